The molecular formula is C16H22N4OS. The van der Waals surface area contributed by atoms with E-state index in [1.807, 2.05) is 24.3 Å². The van der Waals surface area contributed by atoms with Crippen LogP contribution >= 0.6 is 12.2 Å². The normalized spacial score (nSPS) is 17.1. The molecule has 118 valence electrons. The van der Waals surface area contributed by atoms with Crippen LogP contribution in [0.4, 0.5) is 0 Å². The average molecular weight is 318 g/mol. The van der Waals surface area contributed by atoms with Crippen LogP contribution in [0.5, 0.6) is 0 Å². The molecule has 1 aliphatic rings. The van der Waals surface area contributed by atoms with Crippen molar-refractivity contribution < 1.29 is 0 Å². The van der Waals surface area contributed by atoms with E-state index >= 15 is 0 Å². The van der Waals surface area contributed by atoms with Gasteiger partial charge in [0.25, 0.3) is 5.56 Å². The average Bonchev–Trinajstić information content (AvgIpc) is 2.52. The number of nitrogens with one attached hydrogen (secondary N) is 1. The Morgan fingerprint density at radius 2 is 1.86 bits per heavy atom. The van der Waals surface area contributed by atoms with Gasteiger partial charge in [-0.1, -0.05) is 12.1 Å². The van der Waals surface area contributed by atoms with E-state index in [-0.39, 0.29) is 5.56 Å². The second-order valence-electron chi connectivity index (χ2n) is 5.93. The summed E-state index contributed by atoms with van der Waals surface area (Å²) in [6.07, 6.45) is 0.944. The summed E-state index contributed by atoms with van der Waals surface area (Å²) in [7, 11) is 2.16. The van der Waals surface area contributed by atoms with Gasteiger partial charge in [0.1, 0.15) is 0 Å². The molecule has 0 atom stereocenters. The SMILES string of the molecule is CN1CCN(CCCn2c(=S)[nH]c3ccccc3c2=O)CC1. The Kier molecular flexibility index (Phi) is 4.71. The van der Waals surface area contributed by atoms with Crippen molar-refractivity contribution >= 4 is 23.1 Å². The minimum atomic E-state index is 0.0118. The summed E-state index contributed by atoms with van der Waals surface area (Å²) < 4.78 is 2.20. The molecule has 6 heteroatoms. The van der Waals surface area contributed by atoms with Crippen LogP contribution in [-0.4, -0.2) is 59.1 Å². The monoisotopic (exact) mass is 318 g/mol. The number of aromatic nitrogens is 2. The predicted octanol–water partition coefficient (Wildman–Crippen LogP) is 1.70. The van der Waals surface area contributed by atoms with Crippen LogP contribution in [0.1, 0.15) is 6.42 Å². The first kappa shape index (κ1) is 15.4. The van der Waals surface area contributed by atoms with Gasteiger partial charge in [-0.2, -0.15) is 0 Å². The van der Waals surface area contributed by atoms with Gasteiger partial charge in [-0.05, 0) is 44.4 Å². The van der Waals surface area contributed by atoms with Gasteiger partial charge in [-0.15, -0.1) is 0 Å². The third-order valence-corrected chi connectivity index (χ3v) is 4.66. The molecule has 1 saturated heterocycles. The van der Waals surface area contributed by atoms with Crippen LogP contribution in [0.15, 0.2) is 29.1 Å². The number of benzene rings is 1. The maximum atomic E-state index is 12.5. The molecule has 0 bridgehead atoms. The molecule has 2 aromatic rings. The molecule has 0 aliphatic carbocycles. The number of nitrogens with zero attached hydrogens (tertiary/aromatic N) is 3. The first-order valence-electron chi connectivity index (χ1n) is 7.78. The van der Waals surface area contributed by atoms with Crippen molar-refractivity contribution in [3.05, 3.63) is 39.4 Å². The Bertz CT molecular complexity index is 759. The van der Waals surface area contributed by atoms with Crippen molar-refractivity contribution in [2.45, 2.75) is 13.0 Å². The summed E-state index contributed by atoms with van der Waals surface area (Å²) in [5.74, 6) is 0. The third-order valence-electron chi connectivity index (χ3n) is 4.34. The number of fused-ring (bicyclic) bond motifs is 1. The highest BCUT2D eigenvalue weighted by Crippen LogP contribution is 2.07. The van der Waals surface area contributed by atoms with Crippen LogP contribution in [0.25, 0.3) is 10.9 Å². The van der Waals surface area contributed by atoms with Crippen molar-refractivity contribution in [1.82, 2.24) is 19.4 Å². The van der Waals surface area contributed by atoms with Gasteiger partial charge < -0.3 is 14.8 Å². The fourth-order valence-electron chi connectivity index (χ4n) is 2.93. The Hall–Kier alpha value is -1.50. The molecule has 1 aliphatic heterocycles. The van der Waals surface area contributed by atoms with Crippen LogP contribution in [0, 0.1) is 4.77 Å². The summed E-state index contributed by atoms with van der Waals surface area (Å²) in [4.78, 5) is 20.5. The molecule has 1 N–H and O–H groups in total. The predicted molar refractivity (Wildman–Crippen MR) is 91.9 cm³/mol. The van der Waals surface area contributed by atoms with Crippen molar-refractivity contribution in [2.75, 3.05) is 39.8 Å². The molecule has 0 unspecified atom stereocenters. The van der Waals surface area contributed by atoms with E-state index in [0.717, 1.165) is 44.7 Å². The molecule has 0 saturated carbocycles. The molecule has 1 fully saturated rings. The number of hydrogen-bond acceptors (Lipinski definition) is 4. The van der Waals surface area contributed by atoms with E-state index in [4.69, 9.17) is 12.2 Å². The van der Waals surface area contributed by atoms with Gasteiger partial charge in [-0.25, -0.2) is 0 Å². The lowest BCUT2D eigenvalue weighted by atomic mass is 10.2. The maximum absolute atomic E-state index is 12.5. The van der Waals surface area contributed by atoms with E-state index in [1.165, 1.54) is 0 Å². The van der Waals surface area contributed by atoms with E-state index in [1.54, 1.807) is 4.57 Å². The lowest BCUT2D eigenvalue weighted by Gasteiger charge is -2.32. The quantitative estimate of drug-likeness (QED) is 0.872. The zero-order valence-electron chi connectivity index (χ0n) is 12.9. The summed E-state index contributed by atoms with van der Waals surface area (Å²) in [5, 5.41) is 0.704. The highest BCUT2D eigenvalue weighted by molar-refractivity contribution is 7.71. The minimum absolute atomic E-state index is 0.0118. The topological polar surface area (TPSA) is 44.3 Å². The van der Waals surface area contributed by atoms with Crippen molar-refractivity contribution in [3.8, 4) is 0 Å². The Labute approximate surface area is 135 Å². The fourth-order valence-corrected chi connectivity index (χ4v) is 3.21. The number of likely N-dealkylation sites (N-methyl/N-ethyl adjacent to an activating group) is 1. The number of piperazine rings is 1. The maximum Gasteiger partial charge on any atom is 0.262 e. The van der Waals surface area contributed by atoms with Crippen LogP contribution in [0.2, 0.25) is 0 Å². The molecule has 0 amide bonds. The smallest absolute Gasteiger partial charge is 0.262 e. The van der Waals surface area contributed by atoms with Crippen molar-refractivity contribution in [1.29, 1.82) is 0 Å². The number of para-hydroxylation sites is 1. The summed E-state index contributed by atoms with van der Waals surface area (Å²) >= 11 is 5.34. The number of aromatic amines is 1. The van der Waals surface area contributed by atoms with Gasteiger partial charge in [0.05, 0.1) is 10.9 Å². The fraction of sp³-hybridized carbons (Fsp3) is 0.500. The molecule has 1 aromatic carbocycles. The van der Waals surface area contributed by atoms with Gasteiger partial charge in [0.15, 0.2) is 4.77 Å². The summed E-state index contributed by atoms with van der Waals surface area (Å²) in [5.41, 5.74) is 0.825. The van der Waals surface area contributed by atoms with E-state index in [0.29, 0.717) is 16.7 Å². The highest BCUT2D eigenvalue weighted by atomic mass is 32.1. The molecular weight excluding hydrogens is 296 g/mol. The van der Waals surface area contributed by atoms with Crippen LogP contribution in [-0.2, 0) is 6.54 Å². The third kappa shape index (κ3) is 3.29. The van der Waals surface area contributed by atoms with E-state index in [2.05, 4.69) is 21.8 Å². The van der Waals surface area contributed by atoms with Crippen molar-refractivity contribution in [2.24, 2.45) is 0 Å². The Morgan fingerprint density at radius 1 is 1.14 bits per heavy atom. The van der Waals surface area contributed by atoms with Crippen molar-refractivity contribution in [3.63, 3.8) is 0 Å². The molecule has 1 aromatic heterocycles. The molecule has 2 heterocycles. The summed E-state index contributed by atoms with van der Waals surface area (Å²) in [6.45, 7) is 6.14. The highest BCUT2D eigenvalue weighted by Gasteiger charge is 2.13. The Balaban J connectivity index is 1.69. The molecule has 3 rings (SSSR count). The minimum Gasteiger partial charge on any atom is -0.332 e. The first-order chi connectivity index (χ1) is 10.6. The first-order valence-corrected chi connectivity index (χ1v) is 8.19. The zero-order valence-corrected chi connectivity index (χ0v) is 13.7. The molecule has 0 spiro atoms. The van der Waals surface area contributed by atoms with Gasteiger partial charge in [0.2, 0.25) is 0 Å². The van der Waals surface area contributed by atoms with Gasteiger partial charge >= 0.3 is 0 Å². The molecule has 5 nitrogen and oxygen atoms in total. The Morgan fingerprint density at radius 3 is 2.64 bits per heavy atom. The number of rotatable bonds is 4. The lowest BCUT2D eigenvalue weighted by molar-refractivity contribution is 0.151. The van der Waals surface area contributed by atoms with Crippen LogP contribution < -0.4 is 5.56 Å². The van der Waals surface area contributed by atoms with E-state index < -0.39 is 0 Å². The number of hydrogen-bond donors (Lipinski definition) is 1. The lowest BCUT2D eigenvalue weighted by Crippen LogP contribution is -2.44. The number of H-pyrrole nitrogens is 1. The zero-order chi connectivity index (χ0) is 15.5. The molecule has 22 heavy (non-hydrogen) atoms. The van der Waals surface area contributed by atoms with Crippen LogP contribution in [0.3, 0.4) is 0 Å². The van der Waals surface area contributed by atoms with E-state index in [9.17, 15) is 4.79 Å². The summed E-state index contributed by atoms with van der Waals surface area (Å²) in [6, 6.07) is 7.53. The largest absolute Gasteiger partial charge is 0.332 e. The van der Waals surface area contributed by atoms with Gasteiger partial charge in [-0.3, -0.25) is 9.36 Å². The van der Waals surface area contributed by atoms with Gasteiger partial charge in [0, 0.05) is 32.7 Å². The second-order valence-corrected chi connectivity index (χ2v) is 6.32. The molecule has 0 radical (unpaired) electrons. The second kappa shape index (κ2) is 6.73. The standard InChI is InChI=1S/C16H22N4OS/c1-18-9-11-19(12-10-18)7-4-8-20-15(21)13-5-2-3-6-14(13)17-16(20)22/h2-3,5-6H,4,7-12H2,1H3,(H,17,22).